The van der Waals surface area contributed by atoms with E-state index < -0.39 is 35.7 Å². The second kappa shape index (κ2) is 15.5. The van der Waals surface area contributed by atoms with Crippen LogP contribution in [0.1, 0.15) is 55.4 Å². The molecule has 0 saturated heterocycles. The molecule has 0 radical (unpaired) electrons. The second-order valence-electron chi connectivity index (χ2n) is 8.87. The fourth-order valence-electron chi connectivity index (χ4n) is 2.81. The molecule has 0 heterocycles. The number of rotatable bonds is 12. The monoisotopic (exact) mass is 689 g/mol. The first kappa shape index (κ1) is 35.1. The Kier molecular flexibility index (Phi) is 16.1. The number of halogens is 3. The third-order valence-electron chi connectivity index (χ3n) is 3.56. The first-order valence-electron chi connectivity index (χ1n) is 11.1. The second-order valence-corrected chi connectivity index (χ2v) is 33.1. The van der Waals surface area contributed by atoms with E-state index in [2.05, 4.69) is 0 Å². The minimum absolute atomic E-state index is 0.372. The van der Waals surface area contributed by atoms with Gasteiger partial charge in [0.2, 0.25) is 5.52 Å². The maximum absolute atomic E-state index is 13.6. The van der Waals surface area contributed by atoms with Crippen molar-refractivity contribution in [1.29, 1.82) is 0 Å². The summed E-state index contributed by atoms with van der Waals surface area (Å²) in [6, 6.07) is 9.40. The Labute approximate surface area is 221 Å². The number of nitrogens with zero attached hydrogens (tertiary/aromatic N) is 1. The van der Waals surface area contributed by atoms with E-state index in [1.54, 1.807) is 69.5 Å². The van der Waals surface area contributed by atoms with Gasteiger partial charge in [-0.05, 0) is 69.5 Å². The fraction of sp³-hybridized carbons (Fsp3) is 0.714. The summed E-state index contributed by atoms with van der Waals surface area (Å²) in [7, 11) is 13.1. The molecule has 0 aliphatic rings. The van der Waals surface area contributed by atoms with Crippen LogP contribution < -0.4 is 3.58 Å². The minimum atomic E-state index is -3.82. The van der Waals surface area contributed by atoms with Crippen LogP contribution in [0.3, 0.4) is 0 Å². The Bertz CT molecular complexity index is 741. The van der Waals surface area contributed by atoms with Crippen LogP contribution in [-0.2, 0) is 27.2 Å². The van der Waals surface area contributed by atoms with Gasteiger partial charge in [-0.1, -0.05) is 0 Å². The molecule has 34 heavy (non-hydrogen) atoms. The Morgan fingerprint density at radius 3 is 1.15 bits per heavy atom. The van der Waals surface area contributed by atoms with Gasteiger partial charge in [-0.15, -0.1) is 0 Å². The van der Waals surface area contributed by atoms with Crippen LogP contribution >= 0.6 is 42.0 Å². The van der Waals surface area contributed by atoms with E-state index in [0.717, 1.165) is 3.58 Å². The molecule has 0 aromatic heterocycles. The molecule has 1 aromatic rings. The van der Waals surface area contributed by atoms with Gasteiger partial charge in [-0.2, -0.15) is 0 Å². The molecule has 0 N–H and O–H groups in total. The summed E-state index contributed by atoms with van der Waals surface area (Å²) in [5, 5.41) is 0. The van der Waals surface area contributed by atoms with Crippen LogP contribution in [0, 0.1) is 0 Å². The molecule has 1 aromatic carbocycles. The average molecular weight is 690 g/mol. The molecule has 1 rings (SSSR count). The van der Waals surface area contributed by atoms with Gasteiger partial charge in [-0.25, -0.2) is 0 Å². The summed E-state index contributed by atoms with van der Waals surface area (Å²) in [4.78, 5) is 1.54. The van der Waals surface area contributed by atoms with Crippen molar-refractivity contribution in [1.82, 2.24) is 4.90 Å². The number of hydrogen-bond donors (Lipinski definition) is 0. The molecular formula is C21H40Cl3NO6P2Sn. The first-order valence-corrected chi connectivity index (χ1v) is 26.5. The van der Waals surface area contributed by atoms with Crippen LogP contribution in [0.5, 0.6) is 0 Å². The summed E-state index contributed by atoms with van der Waals surface area (Å²) < 4.78 is 50.6. The quantitative estimate of drug-likeness (QED) is 0.167. The van der Waals surface area contributed by atoms with Crippen LogP contribution in [0.4, 0.5) is 0 Å². The third-order valence-corrected chi connectivity index (χ3v) is 17.4. The molecule has 0 unspecified atom stereocenters. The van der Waals surface area contributed by atoms with Gasteiger partial charge >= 0.3 is 90.9 Å². The van der Waals surface area contributed by atoms with Crippen LogP contribution in [0.15, 0.2) is 30.3 Å². The van der Waals surface area contributed by atoms with Crippen LogP contribution in [0.25, 0.3) is 0 Å². The summed E-state index contributed by atoms with van der Waals surface area (Å²) in [5.41, 5.74) is -1.15. The number of hydrogen-bond acceptors (Lipinski definition) is 7. The zero-order valence-electron chi connectivity index (χ0n) is 21.7. The Morgan fingerprint density at radius 2 is 0.971 bits per heavy atom. The molecule has 7 nitrogen and oxygen atoms in total. The Balaban J connectivity index is 0.000000896. The van der Waals surface area contributed by atoms with Gasteiger partial charge in [-0.3, -0.25) is 14.0 Å². The summed E-state index contributed by atoms with van der Waals surface area (Å²) in [6.07, 6.45) is -1.49. The fourth-order valence-corrected chi connectivity index (χ4v) is 13.0. The van der Waals surface area contributed by atoms with E-state index in [1.165, 1.54) is 4.90 Å². The van der Waals surface area contributed by atoms with Gasteiger partial charge in [0.15, 0.2) is 0 Å². The van der Waals surface area contributed by atoms with Gasteiger partial charge in [0, 0.05) is 0 Å². The van der Waals surface area contributed by atoms with Crippen molar-refractivity contribution in [3.8, 4) is 0 Å². The van der Waals surface area contributed by atoms with Gasteiger partial charge < -0.3 is 18.1 Å². The molecule has 0 aliphatic carbocycles. The van der Waals surface area contributed by atoms with Gasteiger partial charge in [0.25, 0.3) is 0 Å². The Morgan fingerprint density at radius 1 is 0.676 bits per heavy atom. The molecule has 0 atom stereocenters. The molecule has 0 amide bonds. The molecule has 200 valence electrons. The van der Waals surface area contributed by atoms with Crippen LogP contribution in [0.2, 0.25) is 0 Å². The van der Waals surface area contributed by atoms with Crippen molar-refractivity contribution in [3.05, 3.63) is 30.3 Å². The zero-order chi connectivity index (χ0) is 26.9. The summed E-state index contributed by atoms with van der Waals surface area (Å²) in [6.45, 7) is 14.0. The van der Waals surface area contributed by atoms with E-state index in [9.17, 15) is 9.13 Å². The third kappa shape index (κ3) is 13.1. The van der Waals surface area contributed by atoms with Crippen molar-refractivity contribution < 1.29 is 27.2 Å². The molecule has 0 fully saturated rings. The van der Waals surface area contributed by atoms with Gasteiger partial charge in [0.1, 0.15) is 0 Å². The normalized spacial score (nSPS) is 13.4. The molecule has 0 saturated carbocycles. The molecule has 0 aliphatic heterocycles. The molecule has 0 bridgehead atoms. The molecule has 13 heteroatoms. The van der Waals surface area contributed by atoms with E-state index in [-0.39, 0.29) is 24.4 Å². The van der Waals surface area contributed by atoms with E-state index in [4.69, 9.17) is 44.9 Å². The predicted molar refractivity (Wildman–Crippen MR) is 147 cm³/mol. The standard InChI is InChI=1S/C15H35NO6P2.C6H5.3ClH.Sn/c1-11(2)19-23(17,20-12(3)4)15(16(9)10)24(18,21-13(5)6)22-14(7)8;1-2-4-6-5-3-1;;;;/h11-15H,1-10H3;1-5H;3*1H;/q;;;;;+3/p-3. The van der Waals surface area contributed by atoms with Crippen molar-refractivity contribution in [2.75, 3.05) is 14.1 Å². The number of benzene rings is 1. The summed E-state index contributed by atoms with van der Waals surface area (Å²) in [5.74, 6) is 0. The summed E-state index contributed by atoms with van der Waals surface area (Å²) >= 11 is -3.30. The van der Waals surface area contributed by atoms with E-state index in [1.807, 2.05) is 30.3 Å². The topological polar surface area (TPSA) is 74.3 Å². The van der Waals surface area contributed by atoms with Gasteiger partial charge in [0.05, 0.1) is 24.4 Å². The molecule has 0 spiro atoms. The van der Waals surface area contributed by atoms with Crippen molar-refractivity contribution in [2.24, 2.45) is 0 Å². The predicted octanol–water partition coefficient (Wildman–Crippen LogP) is 7.47. The van der Waals surface area contributed by atoms with Crippen LogP contribution in [-0.4, -0.2) is 63.9 Å². The zero-order valence-corrected chi connectivity index (χ0v) is 28.6. The van der Waals surface area contributed by atoms with E-state index >= 15 is 0 Å². The van der Waals surface area contributed by atoms with Crippen molar-refractivity contribution >= 4 is 60.5 Å². The maximum atomic E-state index is 13.6. The SMILES string of the molecule is CC(C)OP(=O)(OC(C)C)C(N(C)C)P(=O)(OC(C)C)OC(C)C.[Cl][Sn]([Cl])([Cl])[c]1ccccc1. The van der Waals surface area contributed by atoms with E-state index in [0.29, 0.717) is 0 Å². The Hall–Kier alpha value is 1.15. The first-order chi connectivity index (χ1) is 15.3. The van der Waals surface area contributed by atoms with Crippen molar-refractivity contribution in [3.63, 3.8) is 0 Å². The van der Waals surface area contributed by atoms with Crippen molar-refractivity contribution in [2.45, 2.75) is 85.3 Å². The molecular weight excluding hydrogens is 649 g/mol. The average Bonchev–Trinajstić information content (AvgIpc) is 2.58.